The quantitative estimate of drug-likeness (QED) is 0.198. The van der Waals surface area contributed by atoms with Crippen LogP contribution in [0.15, 0.2) is 53.4 Å². The number of urea groups is 1. The maximum Gasteiger partial charge on any atom is 0.319 e. The lowest BCUT2D eigenvalue weighted by atomic mass is 9.76. The van der Waals surface area contributed by atoms with E-state index < -0.39 is 15.6 Å². The van der Waals surface area contributed by atoms with E-state index in [1.807, 2.05) is 12.1 Å². The molecule has 0 radical (unpaired) electrons. The number of nitrogen functional groups attached to an aromatic ring is 1. The predicted octanol–water partition coefficient (Wildman–Crippen LogP) is 3.37. The minimum atomic E-state index is -3.80. The van der Waals surface area contributed by atoms with E-state index in [1.165, 1.54) is 0 Å². The van der Waals surface area contributed by atoms with Gasteiger partial charge in [0.1, 0.15) is 5.84 Å². The van der Waals surface area contributed by atoms with Crippen LogP contribution in [0.1, 0.15) is 68.4 Å². The van der Waals surface area contributed by atoms with E-state index in [0.717, 1.165) is 56.9 Å². The number of carbonyl (C=O) groups excluding carboxylic acids is 1. The van der Waals surface area contributed by atoms with Crippen LogP contribution >= 0.6 is 0 Å². The number of amidine groups is 1. The first kappa shape index (κ1) is 26.1. The average Bonchev–Trinajstić information content (AvgIpc) is 3.10. The molecule has 4 rings (SSSR count). The number of piperidine rings is 1. The van der Waals surface area contributed by atoms with E-state index in [1.54, 1.807) is 36.4 Å². The van der Waals surface area contributed by atoms with Crippen molar-refractivity contribution in [1.29, 1.82) is 5.41 Å². The molecule has 10 heteroatoms. The third-order valence-electron chi connectivity index (χ3n) is 7.54. The first-order chi connectivity index (χ1) is 17.2. The smallest absolute Gasteiger partial charge is 0.319 e. The fourth-order valence-electron chi connectivity index (χ4n) is 5.74. The zero-order valence-electron chi connectivity index (χ0n) is 20.4. The van der Waals surface area contributed by atoms with E-state index in [2.05, 4.69) is 16.0 Å². The van der Waals surface area contributed by atoms with Crippen molar-refractivity contribution < 1.29 is 13.2 Å². The summed E-state index contributed by atoms with van der Waals surface area (Å²) in [6.45, 7) is 0.614. The second-order valence-electron chi connectivity index (χ2n) is 9.96. The number of benzene rings is 2. The number of carbonyl (C=O) groups is 1. The molecular formula is C26H36N6O3S. The van der Waals surface area contributed by atoms with Gasteiger partial charge in [-0.05, 0) is 55.4 Å². The van der Waals surface area contributed by atoms with Crippen molar-refractivity contribution in [2.75, 3.05) is 11.9 Å². The maximum atomic E-state index is 13.1. The predicted molar refractivity (Wildman–Crippen MR) is 142 cm³/mol. The number of sulfonamides is 1. The Bertz CT molecular complexity index is 1200. The van der Waals surface area contributed by atoms with Gasteiger partial charge in [0.05, 0.1) is 10.4 Å². The SMILES string of the molecule is N=C(N)c1cccc(NC(=O)NC2(C3CCC(c4ccccc4S(N)(=O)=O)CN3)CCCCCC2)c1. The van der Waals surface area contributed by atoms with Crippen molar-refractivity contribution in [3.63, 3.8) is 0 Å². The highest BCUT2D eigenvalue weighted by atomic mass is 32.2. The number of amides is 2. The number of rotatable bonds is 6. The van der Waals surface area contributed by atoms with Crippen molar-refractivity contribution in [3.05, 3.63) is 59.7 Å². The molecule has 1 saturated carbocycles. The lowest BCUT2D eigenvalue weighted by Crippen LogP contribution is -2.63. The van der Waals surface area contributed by atoms with Crippen molar-refractivity contribution in [2.24, 2.45) is 10.9 Å². The number of nitrogens with one attached hydrogen (secondary N) is 4. The molecule has 2 unspecified atom stereocenters. The summed E-state index contributed by atoms with van der Waals surface area (Å²) in [7, 11) is -3.80. The van der Waals surface area contributed by atoms with Crippen LogP contribution in [0.2, 0.25) is 0 Å². The summed E-state index contributed by atoms with van der Waals surface area (Å²) in [4.78, 5) is 13.3. The van der Waals surface area contributed by atoms with Gasteiger partial charge >= 0.3 is 6.03 Å². The maximum absolute atomic E-state index is 13.1. The van der Waals surface area contributed by atoms with Gasteiger partial charge in [0, 0.05) is 23.8 Å². The normalized spacial score (nSPS) is 22.2. The molecule has 8 N–H and O–H groups in total. The average molecular weight is 513 g/mol. The Morgan fingerprint density at radius 2 is 1.75 bits per heavy atom. The molecule has 1 heterocycles. The highest BCUT2D eigenvalue weighted by Gasteiger charge is 2.42. The van der Waals surface area contributed by atoms with E-state index in [9.17, 15) is 13.2 Å². The second-order valence-corrected chi connectivity index (χ2v) is 11.5. The first-order valence-electron chi connectivity index (χ1n) is 12.6. The van der Waals surface area contributed by atoms with E-state index in [-0.39, 0.29) is 28.7 Å². The molecule has 36 heavy (non-hydrogen) atoms. The Morgan fingerprint density at radius 3 is 2.39 bits per heavy atom. The summed E-state index contributed by atoms with van der Waals surface area (Å²) in [6.07, 6.45) is 7.73. The standard InChI is InChI=1S/C26H36N6O3S/c27-24(28)18-8-7-9-20(16-18)31-25(33)32-26(14-5-1-2-6-15-26)23-13-12-19(17-30-23)21-10-3-4-11-22(21)36(29,34)35/h3-4,7-11,16,19,23,30H,1-2,5-6,12-15,17H2,(H3,27,28)(H2,29,34,35)(H2,31,32,33). The van der Waals surface area contributed by atoms with Gasteiger partial charge in [0.25, 0.3) is 0 Å². The Balaban J connectivity index is 1.49. The van der Waals surface area contributed by atoms with Crippen molar-refractivity contribution in [3.8, 4) is 0 Å². The number of hydrogen-bond acceptors (Lipinski definition) is 5. The summed E-state index contributed by atoms with van der Waals surface area (Å²) < 4.78 is 24.2. The molecular weight excluding hydrogens is 476 g/mol. The van der Waals surface area contributed by atoms with Gasteiger partial charge in [-0.2, -0.15) is 0 Å². The zero-order chi connectivity index (χ0) is 25.8. The topological polar surface area (TPSA) is 163 Å². The number of anilines is 1. The van der Waals surface area contributed by atoms with Crippen LogP contribution in [0.5, 0.6) is 0 Å². The summed E-state index contributed by atoms with van der Waals surface area (Å²) in [5, 5.41) is 23.0. The molecule has 2 amide bonds. The molecule has 0 spiro atoms. The van der Waals surface area contributed by atoms with Gasteiger partial charge < -0.3 is 21.7 Å². The molecule has 2 fully saturated rings. The first-order valence-corrected chi connectivity index (χ1v) is 14.1. The molecule has 2 aliphatic rings. The lowest BCUT2D eigenvalue weighted by Gasteiger charge is -2.45. The fraction of sp³-hybridized carbons (Fsp3) is 0.462. The molecule has 0 aromatic heterocycles. The Hall–Kier alpha value is -2.95. The van der Waals surface area contributed by atoms with Crippen molar-refractivity contribution in [2.45, 2.75) is 73.8 Å². The number of nitrogens with two attached hydrogens (primary N) is 2. The number of primary sulfonamides is 1. The van der Waals surface area contributed by atoms with Crippen molar-refractivity contribution >= 4 is 27.6 Å². The summed E-state index contributed by atoms with van der Waals surface area (Å²) in [6, 6.07) is 13.7. The van der Waals surface area contributed by atoms with Gasteiger partial charge in [0.15, 0.2) is 0 Å². The Labute approximate surface area is 213 Å². The van der Waals surface area contributed by atoms with E-state index in [0.29, 0.717) is 17.8 Å². The second kappa shape index (κ2) is 11.0. The van der Waals surface area contributed by atoms with E-state index in [4.69, 9.17) is 16.3 Å². The lowest BCUT2D eigenvalue weighted by molar-refractivity contribution is 0.171. The van der Waals surface area contributed by atoms with Crippen LogP contribution in [-0.2, 0) is 10.0 Å². The molecule has 9 nitrogen and oxygen atoms in total. The van der Waals surface area contributed by atoms with Gasteiger partial charge in [-0.15, -0.1) is 0 Å². The summed E-state index contributed by atoms with van der Waals surface area (Å²) in [5.74, 6) is -0.0222. The van der Waals surface area contributed by atoms with Crippen LogP contribution in [0, 0.1) is 5.41 Å². The fourth-order valence-corrected chi connectivity index (χ4v) is 6.57. The highest BCUT2D eigenvalue weighted by molar-refractivity contribution is 7.89. The molecule has 2 aromatic carbocycles. The minimum absolute atomic E-state index is 0.0294. The Kier molecular flexibility index (Phi) is 7.97. The third-order valence-corrected chi connectivity index (χ3v) is 8.52. The van der Waals surface area contributed by atoms with Gasteiger partial charge in [-0.25, -0.2) is 18.4 Å². The molecule has 2 aromatic rings. The molecule has 194 valence electrons. The van der Waals surface area contributed by atoms with Crippen molar-refractivity contribution in [1.82, 2.24) is 10.6 Å². The van der Waals surface area contributed by atoms with Crippen LogP contribution in [0.25, 0.3) is 0 Å². The third kappa shape index (κ3) is 6.05. The zero-order valence-corrected chi connectivity index (χ0v) is 21.2. The van der Waals surface area contributed by atoms with E-state index >= 15 is 0 Å². The van der Waals surface area contributed by atoms with Crippen LogP contribution in [0.4, 0.5) is 10.5 Å². The van der Waals surface area contributed by atoms with Crippen LogP contribution < -0.4 is 26.8 Å². The number of hydrogen-bond donors (Lipinski definition) is 6. The molecule has 1 aliphatic heterocycles. The van der Waals surface area contributed by atoms with Gasteiger partial charge in [-0.3, -0.25) is 5.41 Å². The summed E-state index contributed by atoms with van der Waals surface area (Å²) >= 11 is 0. The molecule has 1 saturated heterocycles. The minimum Gasteiger partial charge on any atom is -0.384 e. The summed E-state index contributed by atoms with van der Waals surface area (Å²) in [5.41, 5.74) is 7.08. The molecule has 1 aliphatic carbocycles. The highest BCUT2D eigenvalue weighted by Crippen LogP contribution is 2.37. The molecule has 0 bridgehead atoms. The van der Waals surface area contributed by atoms with Gasteiger partial charge in [0.2, 0.25) is 10.0 Å². The van der Waals surface area contributed by atoms with Gasteiger partial charge in [-0.1, -0.05) is 56.0 Å². The van der Waals surface area contributed by atoms with Crippen LogP contribution in [-0.4, -0.2) is 38.4 Å². The monoisotopic (exact) mass is 512 g/mol. The Morgan fingerprint density at radius 1 is 1.03 bits per heavy atom. The molecule has 2 atom stereocenters. The largest absolute Gasteiger partial charge is 0.384 e. The van der Waals surface area contributed by atoms with Crippen LogP contribution in [0.3, 0.4) is 0 Å².